The van der Waals surface area contributed by atoms with E-state index < -0.39 is 5.91 Å². The first-order valence-corrected chi connectivity index (χ1v) is 8.51. The fourth-order valence-electron chi connectivity index (χ4n) is 2.99. The summed E-state index contributed by atoms with van der Waals surface area (Å²) in [6.45, 7) is 6.27. The number of hydrogen-bond acceptors (Lipinski definition) is 6. The van der Waals surface area contributed by atoms with Crippen LogP contribution in [-0.4, -0.2) is 38.2 Å². The van der Waals surface area contributed by atoms with Crippen LogP contribution in [0.2, 0.25) is 0 Å². The zero-order chi connectivity index (χ0) is 18.3. The molecule has 1 N–H and O–H groups in total. The molecule has 0 fully saturated rings. The molecule has 0 saturated carbocycles. The van der Waals surface area contributed by atoms with Crippen molar-refractivity contribution in [3.63, 3.8) is 0 Å². The summed E-state index contributed by atoms with van der Waals surface area (Å²) in [7, 11) is 0. The fraction of sp³-hybridized carbons (Fsp3) is 0.333. The Balaban J connectivity index is 1.66. The lowest BCUT2D eigenvalue weighted by Gasteiger charge is -2.12. The molecule has 0 bridgehead atoms. The molecule has 4 rings (SSSR count). The number of carbonyl (C=O) groups excluding carboxylic acids is 1. The zero-order valence-corrected chi connectivity index (χ0v) is 14.8. The third-order valence-corrected chi connectivity index (χ3v) is 4.18. The molecule has 1 atom stereocenters. The van der Waals surface area contributed by atoms with Crippen molar-refractivity contribution in [2.75, 3.05) is 11.9 Å². The number of nitrogens with one attached hydrogen (secondary N) is 1. The van der Waals surface area contributed by atoms with E-state index in [1.165, 1.54) is 4.52 Å². The van der Waals surface area contributed by atoms with Gasteiger partial charge in [-0.1, -0.05) is 0 Å². The number of aromatic nitrogens is 4. The van der Waals surface area contributed by atoms with E-state index in [0.717, 1.165) is 23.4 Å². The lowest BCUT2D eigenvalue weighted by molar-refractivity contribution is 0.101. The van der Waals surface area contributed by atoms with Gasteiger partial charge in [-0.15, -0.1) is 5.10 Å². The van der Waals surface area contributed by atoms with E-state index in [1.807, 2.05) is 26.8 Å². The molecule has 3 heterocycles. The lowest BCUT2D eigenvalue weighted by Crippen LogP contribution is -2.15. The van der Waals surface area contributed by atoms with Crippen LogP contribution in [0.1, 0.15) is 35.7 Å². The fourth-order valence-corrected chi connectivity index (χ4v) is 2.99. The Labute approximate surface area is 150 Å². The third kappa shape index (κ3) is 2.83. The molecule has 1 aliphatic heterocycles. The molecule has 1 amide bonds. The summed E-state index contributed by atoms with van der Waals surface area (Å²) in [5.74, 6) is 1.37. The van der Waals surface area contributed by atoms with Gasteiger partial charge in [0.25, 0.3) is 11.7 Å². The van der Waals surface area contributed by atoms with Gasteiger partial charge < -0.3 is 14.8 Å². The number of aryl methyl sites for hydroxylation is 1. The SMILES string of the molecule is CCOc1cc2c(cc1NC(=O)c1nc3nccc(C)n3n1)OC(C)C2. The summed E-state index contributed by atoms with van der Waals surface area (Å²) in [6, 6.07) is 5.51. The van der Waals surface area contributed by atoms with Gasteiger partial charge in [0.05, 0.1) is 12.3 Å². The Kier molecular flexibility index (Phi) is 3.95. The monoisotopic (exact) mass is 353 g/mol. The molecule has 1 unspecified atom stereocenters. The van der Waals surface area contributed by atoms with Crippen LogP contribution < -0.4 is 14.8 Å². The average Bonchev–Trinajstić information content (AvgIpc) is 3.18. The largest absolute Gasteiger partial charge is 0.492 e. The van der Waals surface area contributed by atoms with Crippen LogP contribution in [0.25, 0.3) is 5.78 Å². The Morgan fingerprint density at radius 1 is 1.46 bits per heavy atom. The van der Waals surface area contributed by atoms with Gasteiger partial charge in [-0.05, 0) is 32.9 Å². The number of fused-ring (bicyclic) bond motifs is 2. The van der Waals surface area contributed by atoms with Crippen molar-refractivity contribution < 1.29 is 14.3 Å². The summed E-state index contributed by atoms with van der Waals surface area (Å²) in [4.78, 5) is 20.9. The number of hydrogen-bond donors (Lipinski definition) is 1. The predicted molar refractivity (Wildman–Crippen MR) is 94.9 cm³/mol. The van der Waals surface area contributed by atoms with Gasteiger partial charge in [0.1, 0.15) is 17.6 Å². The highest BCUT2D eigenvalue weighted by atomic mass is 16.5. The van der Waals surface area contributed by atoms with Crippen molar-refractivity contribution in [1.82, 2.24) is 19.6 Å². The van der Waals surface area contributed by atoms with E-state index in [9.17, 15) is 4.79 Å². The van der Waals surface area contributed by atoms with Gasteiger partial charge in [-0.3, -0.25) is 4.79 Å². The summed E-state index contributed by atoms with van der Waals surface area (Å²) < 4.78 is 13.0. The maximum atomic E-state index is 12.6. The average molecular weight is 353 g/mol. The molecule has 0 saturated heterocycles. The van der Waals surface area contributed by atoms with Gasteiger partial charge in [-0.2, -0.15) is 4.98 Å². The van der Waals surface area contributed by atoms with Crippen molar-refractivity contribution in [2.45, 2.75) is 33.3 Å². The number of amides is 1. The van der Waals surface area contributed by atoms with E-state index in [-0.39, 0.29) is 11.9 Å². The van der Waals surface area contributed by atoms with Crippen molar-refractivity contribution in [1.29, 1.82) is 0 Å². The van der Waals surface area contributed by atoms with E-state index in [4.69, 9.17) is 9.47 Å². The molecule has 8 heteroatoms. The quantitative estimate of drug-likeness (QED) is 0.774. The third-order valence-electron chi connectivity index (χ3n) is 4.18. The van der Waals surface area contributed by atoms with E-state index in [1.54, 1.807) is 18.3 Å². The molecule has 1 aliphatic rings. The minimum absolute atomic E-state index is 0.0454. The summed E-state index contributed by atoms with van der Waals surface area (Å²) >= 11 is 0. The summed E-state index contributed by atoms with van der Waals surface area (Å²) in [6.07, 6.45) is 2.56. The van der Waals surface area contributed by atoms with Crippen LogP contribution >= 0.6 is 0 Å². The number of carbonyl (C=O) groups is 1. The number of nitrogens with zero attached hydrogens (tertiary/aromatic N) is 4. The standard InChI is InChI=1S/C18H19N5O3/c1-4-25-15-8-12-7-11(3)26-14(12)9-13(15)20-17(24)16-21-18-19-6-5-10(2)23(18)22-16/h5-6,8-9,11H,4,7H2,1-3H3,(H,20,24). The highest BCUT2D eigenvalue weighted by molar-refractivity contribution is 6.02. The Morgan fingerprint density at radius 2 is 2.31 bits per heavy atom. The van der Waals surface area contributed by atoms with Crippen molar-refractivity contribution in [3.05, 3.63) is 41.5 Å². The van der Waals surface area contributed by atoms with Crippen LogP contribution in [0.4, 0.5) is 5.69 Å². The molecule has 0 spiro atoms. The second-order valence-corrected chi connectivity index (χ2v) is 6.21. The van der Waals surface area contributed by atoms with Crippen LogP contribution in [0.15, 0.2) is 24.4 Å². The van der Waals surface area contributed by atoms with Crippen molar-refractivity contribution in [2.24, 2.45) is 0 Å². The van der Waals surface area contributed by atoms with Gasteiger partial charge in [0, 0.05) is 29.9 Å². The highest BCUT2D eigenvalue weighted by Crippen LogP contribution is 2.38. The van der Waals surface area contributed by atoms with Crippen molar-refractivity contribution >= 4 is 17.4 Å². The van der Waals surface area contributed by atoms with Crippen molar-refractivity contribution in [3.8, 4) is 11.5 Å². The topological polar surface area (TPSA) is 90.6 Å². The molecular weight excluding hydrogens is 334 g/mol. The Bertz CT molecular complexity index is 998. The maximum Gasteiger partial charge on any atom is 0.295 e. The van der Waals surface area contributed by atoms with E-state index in [0.29, 0.717) is 23.8 Å². The molecule has 8 nitrogen and oxygen atoms in total. The molecule has 3 aromatic rings. The number of rotatable bonds is 4. The second kappa shape index (κ2) is 6.29. The molecule has 0 aliphatic carbocycles. The Morgan fingerprint density at radius 3 is 3.08 bits per heavy atom. The highest BCUT2D eigenvalue weighted by Gasteiger charge is 2.23. The molecule has 0 radical (unpaired) electrons. The minimum Gasteiger partial charge on any atom is -0.492 e. The van der Waals surface area contributed by atoms with Crippen LogP contribution in [-0.2, 0) is 6.42 Å². The maximum absolute atomic E-state index is 12.6. The molecule has 134 valence electrons. The van der Waals surface area contributed by atoms with Gasteiger partial charge >= 0.3 is 0 Å². The van der Waals surface area contributed by atoms with Crippen LogP contribution in [0.5, 0.6) is 11.5 Å². The lowest BCUT2D eigenvalue weighted by atomic mass is 10.1. The van der Waals surface area contributed by atoms with E-state index >= 15 is 0 Å². The summed E-state index contributed by atoms with van der Waals surface area (Å²) in [5, 5.41) is 7.05. The number of benzene rings is 1. The second-order valence-electron chi connectivity index (χ2n) is 6.21. The smallest absolute Gasteiger partial charge is 0.295 e. The minimum atomic E-state index is -0.429. The molecular formula is C18H19N5O3. The number of anilines is 1. The zero-order valence-electron chi connectivity index (χ0n) is 14.8. The summed E-state index contributed by atoms with van der Waals surface area (Å²) in [5.41, 5.74) is 2.45. The first kappa shape index (κ1) is 16.3. The number of ether oxygens (including phenoxy) is 2. The van der Waals surface area contributed by atoms with Crippen LogP contribution in [0.3, 0.4) is 0 Å². The van der Waals surface area contributed by atoms with Gasteiger partial charge in [-0.25, -0.2) is 9.50 Å². The Hall–Kier alpha value is -3.16. The predicted octanol–water partition coefficient (Wildman–Crippen LogP) is 2.41. The normalized spacial score (nSPS) is 15.6. The first-order valence-electron chi connectivity index (χ1n) is 8.51. The molecule has 2 aromatic heterocycles. The van der Waals surface area contributed by atoms with E-state index in [2.05, 4.69) is 20.4 Å². The molecule has 26 heavy (non-hydrogen) atoms. The van der Waals surface area contributed by atoms with Gasteiger partial charge in [0.2, 0.25) is 5.82 Å². The molecule has 1 aromatic carbocycles. The van der Waals surface area contributed by atoms with Gasteiger partial charge in [0.15, 0.2) is 0 Å². The first-order chi connectivity index (χ1) is 12.5. The van der Waals surface area contributed by atoms with Crippen LogP contribution in [0, 0.1) is 6.92 Å².